The number of nitrogens with one attached hydrogen (secondary N) is 1. The molecule has 0 aliphatic carbocycles. The van der Waals surface area contributed by atoms with Crippen molar-refractivity contribution in [2.75, 3.05) is 0 Å². The van der Waals surface area contributed by atoms with Gasteiger partial charge in [-0.05, 0) is 55.4 Å². The van der Waals surface area contributed by atoms with Gasteiger partial charge in [0.15, 0.2) is 5.17 Å². The number of nitrogens with zero attached hydrogens (tertiary/aromatic N) is 1. The SMILES string of the molecule is Cc1ccc(N=C2NC(=O)/C(=C\c3ccccc3OCc3ccccc3Cl)S2)c(C)c1. The van der Waals surface area contributed by atoms with E-state index in [9.17, 15) is 4.79 Å². The van der Waals surface area contributed by atoms with E-state index in [1.807, 2.05) is 80.6 Å². The Kier molecular flexibility index (Phi) is 6.44. The number of thioether (sulfide) groups is 1. The summed E-state index contributed by atoms with van der Waals surface area (Å²) in [5, 5.41) is 4.08. The van der Waals surface area contributed by atoms with Crippen LogP contribution in [0.5, 0.6) is 5.75 Å². The highest BCUT2D eigenvalue weighted by atomic mass is 35.5. The van der Waals surface area contributed by atoms with Crippen LogP contribution < -0.4 is 10.1 Å². The summed E-state index contributed by atoms with van der Waals surface area (Å²) in [7, 11) is 0. The van der Waals surface area contributed by atoms with Crippen molar-refractivity contribution in [2.45, 2.75) is 20.5 Å². The molecule has 1 aliphatic heterocycles. The largest absolute Gasteiger partial charge is 0.488 e. The zero-order valence-corrected chi connectivity index (χ0v) is 18.8. The number of aryl methyl sites for hydroxylation is 2. The third-order valence-electron chi connectivity index (χ3n) is 4.77. The Morgan fingerprint density at radius 1 is 1.06 bits per heavy atom. The van der Waals surface area contributed by atoms with Crippen molar-refractivity contribution < 1.29 is 9.53 Å². The highest BCUT2D eigenvalue weighted by Crippen LogP contribution is 2.32. The fourth-order valence-electron chi connectivity index (χ4n) is 3.16. The summed E-state index contributed by atoms with van der Waals surface area (Å²) >= 11 is 7.55. The molecular formula is C25H21ClN2O2S. The number of hydrogen-bond donors (Lipinski definition) is 1. The Morgan fingerprint density at radius 2 is 1.84 bits per heavy atom. The summed E-state index contributed by atoms with van der Waals surface area (Å²) in [5.74, 6) is 0.512. The van der Waals surface area contributed by atoms with Gasteiger partial charge in [0.2, 0.25) is 0 Å². The highest BCUT2D eigenvalue weighted by molar-refractivity contribution is 8.18. The lowest BCUT2D eigenvalue weighted by Gasteiger charge is -2.10. The molecule has 0 atom stereocenters. The molecule has 0 radical (unpaired) electrons. The Labute approximate surface area is 191 Å². The number of rotatable bonds is 5. The van der Waals surface area contributed by atoms with Gasteiger partial charge in [-0.25, -0.2) is 4.99 Å². The third-order valence-corrected chi connectivity index (χ3v) is 6.05. The number of para-hydroxylation sites is 1. The quantitative estimate of drug-likeness (QED) is 0.457. The number of amidine groups is 1. The number of amides is 1. The third kappa shape index (κ3) is 5.19. The number of ether oxygens (including phenoxy) is 1. The van der Waals surface area contributed by atoms with Gasteiger partial charge in [0.1, 0.15) is 12.4 Å². The molecule has 0 unspecified atom stereocenters. The van der Waals surface area contributed by atoms with E-state index in [-0.39, 0.29) is 5.91 Å². The molecule has 4 rings (SSSR count). The van der Waals surface area contributed by atoms with Gasteiger partial charge in [-0.15, -0.1) is 0 Å². The predicted molar refractivity (Wildman–Crippen MR) is 129 cm³/mol. The van der Waals surface area contributed by atoms with Crippen LogP contribution in [-0.2, 0) is 11.4 Å². The van der Waals surface area contributed by atoms with Gasteiger partial charge >= 0.3 is 0 Å². The second-order valence-corrected chi connectivity index (χ2v) is 8.63. The number of benzene rings is 3. The molecule has 1 saturated heterocycles. The average Bonchev–Trinajstić information content (AvgIpc) is 3.09. The standard InChI is InChI=1S/C25H21ClN2O2S/c1-16-11-12-21(17(2)13-16)27-25-28-24(29)23(31-25)14-18-7-4-6-10-22(18)30-15-19-8-3-5-9-20(19)26/h3-14H,15H2,1-2H3,(H,27,28,29)/b23-14+. The van der Waals surface area contributed by atoms with Crippen LogP contribution in [0.2, 0.25) is 5.02 Å². The lowest BCUT2D eigenvalue weighted by atomic mass is 10.1. The molecule has 1 heterocycles. The van der Waals surface area contributed by atoms with Crippen LogP contribution in [0.3, 0.4) is 0 Å². The van der Waals surface area contributed by atoms with E-state index in [0.717, 1.165) is 22.4 Å². The lowest BCUT2D eigenvalue weighted by Crippen LogP contribution is -2.19. The minimum Gasteiger partial charge on any atom is -0.488 e. The van der Waals surface area contributed by atoms with E-state index in [0.29, 0.717) is 27.5 Å². The van der Waals surface area contributed by atoms with Gasteiger partial charge in [0.05, 0.1) is 10.6 Å². The van der Waals surface area contributed by atoms with Crippen LogP contribution in [0.1, 0.15) is 22.3 Å². The lowest BCUT2D eigenvalue weighted by molar-refractivity contribution is -0.115. The average molecular weight is 449 g/mol. The van der Waals surface area contributed by atoms with E-state index in [1.165, 1.54) is 17.3 Å². The predicted octanol–water partition coefficient (Wildman–Crippen LogP) is 6.43. The summed E-state index contributed by atoms with van der Waals surface area (Å²) in [6.07, 6.45) is 1.83. The monoisotopic (exact) mass is 448 g/mol. The first-order chi connectivity index (χ1) is 15.0. The number of carbonyl (C=O) groups is 1. The number of hydrogen-bond acceptors (Lipinski definition) is 4. The van der Waals surface area contributed by atoms with E-state index in [1.54, 1.807) is 0 Å². The van der Waals surface area contributed by atoms with Crippen molar-refractivity contribution in [1.82, 2.24) is 5.32 Å². The first kappa shape index (κ1) is 21.2. The van der Waals surface area contributed by atoms with Crippen molar-refractivity contribution in [3.63, 3.8) is 0 Å². The van der Waals surface area contributed by atoms with Crippen LogP contribution in [-0.4, -0.2) is 11.1 Å². The molecule has 1 aliphatic rings. The molecule has 1 N–H and O–H groups in total. The molecule has 0 spiro atoms. The van der Waals surface area contributed by atoms with Gasteiger partial charge in [-0.3, -0.25) is 4.79 Å². The van der Waals surface area contributed by atoms with E-state index in [4.69, 9.17) is 16.3 Å². The van der Waals surface area contributed by atoms with Crippen LogP contribution >= 0.6 is 23.4 Å². The topological polar surface area (TPSA) is 50.7 Å². The minimum absolute atomic E-state index is 0.172. The summed E-state index contributed by atoms with van der Waals surface area (Å²) < 4.78 is 6.00. The van der Waals surface area contributed by atoms with Crippen LogP contribution in [0, 0.1) is 13.8 Å². The molecule has 4 nitrogen and oxygen atoms in total. The van der Waals surface area contributed by atoms with Gasteiger partial charge in [-0.1, -0.05) is 65.7 Å². The minimum atomic E-state index is -0.172. The van der Waals surface area contributed by atoms with Crippen molar-refractivity contribution in [3.05, 3.63) is 98.9 Å². The second-order valence-electron chi connectivity index (χ2n) is 7.19. The van der Waals surface area contributed by atoms with Gasteiger partial charge in [-0.2, -0.15) is 0 Å². The van der Waals surface area contributed by atoms with Gasteiger partial charge in [0, 0.05) is 16.1 Å². The molecule has 0 saturated carbocycles. The number of aliphatic imine (C=N–C) groups is 1. The summed E-state index contributed by atoms with van der Waals surface area (Å²) in [6, 6.07) is 21.2. The van der Waals surface area contributed by atoms with Crippen molar-refractivity contribution in [2.24, 2.45) is 4.99 Å². The van der Waals surface area contributed by atoms with Crippen LogP contribution in [0.25, 0.3) is 6.08 Å². The molecule has 3 aromatic carbocycles. The number of carbonyl (C=O) groups excluding carboxylic acids is 1. The highest BCUT2D eigenvalue weighted by Gasteiger charge is 2.24. The molecule has 1 fully saturated rings. The van der Waals surface area contributed by atoms with Gasteiger partial charge < -0.3 is 10.1 Å². The molecule has 0 bridgehead atoms. The first-order valence-electron chi connectivity index (χ1n) is 9.82. The molecule has 156 valence electrons. The summed E-state index contributed by atoms with van der Waals surface area (Å²) in [5.41, 5.74) is 4.82. The Bertz CT molecular complexity index is 1200. The van der Waals surface area contributed by atoms with Crippen molar-refractivity contribution in [3.8, 4) is 5.75 Å². The fraction of sp³-hybridized carbons (Fsp3) is 0.120. The van der Waals surface area contributed by atoms with E-state index >= 15 is 0 Å². The van der Waals surface area contributed by atoms with Crippen molar-refractivity contribution >= 4 is 46.2 Å². The zero-order chi connectivity index (χ0) is 21.8. The fourth-order valence-corrected chi connectivity index (χ4v) is 4.18. The van der Waals surface area contributed by atoms with Crippen LogP contribution in [0.4, 0.5) is 5.69 Å². The van der Waals surface area contributed by atoms with E-state index in [2.05, 4.69) is 16.4 Å². The Balaban J connectivity index is 1.54. The summed E-state index contributed by atoms with van der Waals surface area (Å²) in [4.78, 5) is 17.7. The molecule has 0 aromatic heterocycles. The zero-order valence-electron chi connectivity index (χ0n) is 17.2. The Morgan fingerprint density at radius 3 is 2.65 bits per heavy atom. The normalized spacial score (nSPS) is 16.0. The maximum atomic E-state index is 12.5. The second kappa shape index (κ2) is 9.41. The Hall–Kier alpha value is -3.02. The number of halogens is 1. The molecule has 1 amide bonds. The van der Waals surface area contributed by atoms with Crippen LogP contribution in [0.15, 0.2) is 76.6 Å². The maximum absolute atomic E-state index is 12.5. The van der Waals surface area contributed by atoms with E-state index < -0.39 is 0 Å². The molecule has 6 heteroatoms. The van der Waals surface area contributed by atoms with Gasteiger partial charge in [0.25, 0.3) is 5.91 Å². The molecule has 3 aromatic rings. The maximum Gasteiger partial charge on any atom is 0.264 e. The summed E-state index contributed by atoms with van der Waals surface area (Å²) in [6.45, 7) is 4.40. The first-order valence-corrected chi connectivity index (χ1v) is 11.0. The smallest absolute Gasteiger partial charge is 0.264 e. The van der Waals surface area contributed by atoms with Crippen molar-refractivity contribution in [1.29, 1.82) is 0 Å². The molecule has 31 heavy (non-hydrogen) atoms. The molecular weight excluding hydrogens is 428 g/mol.